The molecule has 2 unspecified atom stereocenters. The second kappa shape index (κ2) is 10.1. The molecule has 192 valence electrons. The van der Waals surface area contributed by atoms with Crippen molar-refractivity contribution in [2.24, 2.45) is 0 Å². The highest BCUT2D eigenvalue weighted by Crippen LogP contribution is 2.41. The molecule has 0 amide bonds. The van der Waals surface area contributed by atoms with E-state index in [1.807, 2.05) is 48.6 Å². The zero-order valence-corrected chi connectivity index (χ0v) is 21.8. The minimum Gasteiger partial charge on any atom is -0.508 e. The van der Waals surface area contributed by atoms with Gasteiger partial charge < -0.3 is 14.6 Å². The lowest BCUT2D eigenvalue weighted by molar-refractivity contribution is -0.110. The van der Waals surface area contributed by atoms with Crippen LogP contribution in [0.15, 0.2) is 120 Å². The second-order valence-electron chi connectivity index (χ2n) is 9.73. The van der Waals surface area contributed by atoms with Crippen molar-refractivity contribution in [3.8, 4) is 0 Å². The number of aliphatic hydroxyl groups excluding tert-OH is 1. The van der Waals surface area contributed by atoms with Gasteiger partial charge in [0.15, 0.2) is 5.78 Å². The quantitative estimate of drug-likeness (QED) is 0.155. The summed E-state index contributed by atoms with van der Waals surface area (Å²) in [5.41, 5.74) is 4.40. The molecule has 2 aliphatic carbocycles. The van der Waals surface area contributed by atoms with E-state index in [2.05, 4.69) is 48.5 Å². The number of carbonyl (C=O) groups is 1. The molecule has 39 heavy (non-hydrogen) atoms. The van der Waals surface area contributed by atoms with E-state index in [9.17, 15) is 9.90 Å². The molecule has 0 heterocycles. The minimum atomic E-state index is -0.308. The number of aliphatic hydroxyl groups is 1. The zero-order chi connectivity index (χ0) is 26.9. The molecule has 0 aromatic heterocycles. The standard InChI is InChI=1S/C35H28O4/c1-38-32-19-24-11-3-7-22-9-5-13-30(34(22)24)28(32)17-15-26(36)21-27(37)16-18-29-31-14-6-10-23-8-4-12-25(35(23)31)20-33(29)39-2/h3-21,28-29,36H,1-2H3/b17-15+,18-16+,26-21-. The average molecular weight is 513 g/mol. The number of ketones is 1. The third kappa shape index (κ3) is 4.44. The van der Waals surface area contributed by atoms with Gasteiger partial charge in [0.25, 0.3) is 0 Å². The first-order valence-electron chi connectivity index (χ1n) is 12.9. The Morgan fingerprint density at radius 2 is 1.15 bits per heavy atom. The Balaban J connectivity index is 1.25. The van der Waals surface area contributed by atoms with Gasteiger partial charge in [-0.3, -0.25) is 4.79 Å². The molecule has 0 fully saturated rings. The summed E-state index contributed by atoms with van der Waals surface area (Å²) in [6, 6.07) is 24.7. The zero-order valence-electron chi connectivity index (χ0n) is 21.8. The third-order valence-corrected chi connectivity index (χ3v) is 7.49. The lowest BCUT2D eigenvalue weighted by Crippen LogP contribution is -2.08. The Labute approximate surface area is 227 Å². The van der Waals surface area contributed by atoms with Gasteiger partial charge in [-0.15, -0.1) is 0 Å². The highest BCUT2D eigenvalue weighted by atomic mass is 16.5. The van der Waals surface area contributed by atoms with E-state index in [0.717, 1.165) is 49.9 Å². The normalized spacial score (nSPS) is 18.5. The summed E-state index contributed by atoms with van der Waals surface area (Å²) in [6.07, 6.45) is 12.0. The van der Waals surface area contributed by atoms with Crippen LogP contribution >= 0.6 is 0 Å². The van der Waals surface area contributed by atoms with E-state index in [1.165, 1.54) is 17.5 Å². The van der Waals surface area contributed by atoms with Crippen LogP contribution in [-0.4, -0.2) is 25.1 Å². The first-order valence-corrected chi connectivity index (χ1v) is 12.9. The molecule has 6 rings (SSSR count). The number of allylic oxidation sites excluding steroid dienone is 5. The van der Waals surface area contributed by atoms with Gasteiger partial charge in [0.1, 0.15) is 17.3 Å². The Kier molecular flexibility index (Phi) is 6.37. The van der Waals surface area contributed by atoms with Crippen LogP contribution in [0.3, 0.4) is 0 Å². The highest BCUT2D eigenvalue weighted by molar-refractivity contribution is 6.01. The van der Waals surface area contributed by atoms with Crippen molar-refractivity contribution in [3.05, 3.63) is 143 Å². The fraction of sp³-hybridized carbons (Fsp3) is 0.114. The highest BCUT2D eigenvalue weighted by Gasteiger charge is 2.24. The number of rotatable bonds is 7. The Bertz CT molecular complexity index is 1760. The first kappa shape index (κ1) is 24.5. The fourth-order valence-corrected chi connectivity index (χ4v) is 5.75. The van der Waals surface area contributed by atoms with Gasteiger partial charge in [-0.2, -0.15) is 0 Å². The van der Waals surface area contributed by atoms with Crippen molar-refractivity contribution in [1.82, 2.24) is 0 Å². The van der Waals surface area contributed by atoms with Crippen molar-refractivity contribution in [1.29, 1.82) is 0 Å². The Morgan fingerprint density at radius 3 is 1.64 bits per heavy atom. The van der Waals surface area contributed by atoms with Gasteiger partial charge in [0.05, 0.1) is 26.1 Å². The maximum atomic E-state index is 12.8. The molecule has 0 aliphatic heterocycles. The van der Waals surface area contributed by atoms with E-state index >= 15 is 0 Å². The molecular weight excluding hydrogens is 484 g/mol. The summed E-state index contributed by atoms with van der Waals surface area (Å²) >= 11 is 0. The molecule has 0 saturated carbocycles. The van der Waals surface area contributed by atoms with E-state index in [0.29, 0.717) is 0 Å². The lowest BCUT2D eigenvalue weighted by Gasteiger charge is -2.24. The molecule has 0 spiro atoms. The van der Waals surface area contributed by atoms with Crippen LogP contribution in [0.25, 0.3) is 33.7 Å². The van der Waals surface area contributed by atoms with Gasteiger partial charge in [0, 0.05) is 6.08 Å². The predicted molar refractivity (Wildman–Crippen MR) is 157 cm³/mol. The summed E-state index contributed by atoms with van der Waals surface area (Å²) in [5, 5.41) is 15.2. The lowest BCUT2D eigenvalue weighted by atomic mass is 9.84. The van der Waals surface area contributed by atoms with Crippen LogP contribution in [0.1, 0.15) is 34.1 Å². The molecule has 0 radical (unpaired) electrons. The average Bonchev–Trinajstić information content (AvgIpc) is 2.96. The predicted octanol–water partition coefficient (Wildman–Crippen LogP) is 7.99. The van der Waals surface area contributed by atoms with Crippen molar-refractivity contribution in [2.45, 2.75) is 11.8 Å². The smallest absolute Gasteiger partial charge is 0.182 e. The van der Waals surface area contributed by atoms with E-state index in [4.69, 9.17) is 9.47 Å². The van der Waals surface area contributed by atoms with E-state index in [1.54, 1.807) is 20.3 Å². The molecule has 4 aromatic rings. The van der Waals surface area contributed by atoms with Crippen molar-refractivity contribution in [2.75, 3.05) is 14.2 Å². The summed E-state index contributed by atoms with van der Waals surface area (Å²) in [5.74, 6) is 0.751. The first-order chi connectivity index (χ1) is 19.1. The molecule has 0 saturated heterocycles. The largest absolute Gasteiger partial charge is 0.508 e. The molecule has 1 N–H and O–H groups in total. The summed E-state index contributed by atoms with van der Waals surface area (Å²) in [7, 11) is 3.30. The fourth-order valence-electron chi connectivity index (χ4n) is 5.75. The third-order valence-electron chi connectivity index (χ3n) is 7.49. The summed E-state index contributed by atoms with van der Waals surface area (Å²) in [6.45, 7) is 0. The van der Waals surface area contributed by atoms with E-state index < -0.39 is 0 Å². The monoisotopic (exact) mass is 512 g/mol. The number of benzene rings is 4. The minimum absolute atomic E-state index is 0.121. The van der Waals surface area contributed by atoms with E-state index in [-0.39, 0.29) is 23.4 Å². The topological polar surface area (TPSA) is 55.8 Å². The molecular formula is C35H28O4. The maximum Gasteiger partial charge on any atom is 0.182 e. The number of hydrogen-bond donors (Lipinski definition) is 1. The number of carbonyl (C=O) groups excluding carboxylic acids is 1. The molecule has 2 atom stereocenters. The van der Waals surface area contributed by atoms with Crippen molar-refractivity contribution >= 4 is 39.5 Å². The second-order valence-corrected chi connectivity index (χ2v) is 9.73. The Morgan fingerprint density at radius 1 is 0.692 bits per heavy atom. The van der Waals surface area contributed by atoms with Crippen LogP contribution in [0, 0.1) is 0 Å². The van der Waals surface area contributed by atoms with Crippen molar-refractivity contribution < 1.29 is 19.4 Å². The van der Waals surface area contributed by atoms with Crippen LogP contribution in [0.4, 0.5) is 0 Å². The van der Waals surface area contributed by atoms with Crippen LogP contribution < -0.4 is 0 Å². The Hall–Kier alpha value is -4.83. The number of methoxy groups -OCH3 is 2. The summed E-state index contributed by atoms with van der Waals surface area (Å²) < 4.78 is 11.4. The molecule has 2 aliphatic rings. The van der Waals surface area contributed by atoms with Gasteiger partial charge >= 0.3 is 0 Å². The van der Waals surface area contributed by atoms with Crippen LogP contribution in [0.5, 0.6) is 0 Å². The van der Waals surface area contributed by atoms with Gasteiger partial charge in [0.2, 0.25) is 0 Å². The molecule has 4 heteroatoms. The number of hydrogen-bond acceptors (Lipinski definition) is 4. The van der Waals surface area contributed by atoms with Gasteiger partial charge in [-0.25, -0.2) is 0 Å². The summed E-state index contributed by atoms with van der Waals surface area (Å²) in [4.78, 5) is 12.8. The van der Waals surface area contributed by atoms with Crippen LogP contribution in [0.2, 0.25) is 0 Å². The van der Waals surface area contributed by atoms with Crippen LogP contribution in [-0.2, 0) is 14.3 Å². The SMILES string of the molecule is COC1=Cc2cccc3cccc(c23)C1/C=C/C(=O)/C=C(O)/C=C/C1C(OC)=Cc2cccc3cccc1c23. The van der Waals surface area contributed by atoms with Crippen molar-refractivity contribution in [3.63, 3.8) is 0 Å². The van der Waals surface area contributed by atoms with Gasteiger partial charge in [-0.05, 0) is 68.1 Å². The van der Waals surface area contributed by atoms with Gasteiger partial charge in [-0.1, -0.05) is 84.9 Å². The molecule has 4 aromatic carbocycles. The maximum absolute atomic E-state index is 12.8. The molecule has 0 bridgehead atoms. The number of ether oxygens (including phenoxy) is 2. The molecule has 4 nitrogen and oxygen atoms in total.